The van der Waals surface area contributed by atoms with E-state index in [0.717, 1.165) is 0 Å². The van der Waals surface area contributed by atoms with E-state index in [-0.39, 0.29) is 23.9 Å². The second-order valence-electron chi connectivity index (χ2n) is 4.18. The van der Waals surface area contributed by atoms with Crippen LogP contribution in [0.3, 0.4) is 0 Å². The third-order valence-electron chi connectivity index (χ3n) is 2.40. The van der Waals surface area contributed by atoms with Crippen LogP contribution < -0.4 is 0 Å². The molecular formula is C8H24N4Sn2. The molecule has 0 rings (SSSR count). The number of hydrogen-bond donors (Lipinski definition) is 0. The summed E-state index contributed by atoms with van der Waals surface area (Å²) in [6.45, 7) is 0. The van der Waals surface area contributed by atoms with Crippen LogP contribution in [0.4, 0.5) is 0 Å². The van der Waals surface area contributed by atoms with Crippen molar-refractivity contribution in [1.29, 1.82) is 0 Å². The van der Waals surface area contributed by atoms with E-state index >= 15 is 0 Å². The van der Waals surface area contributed by atoms with Gasteiger partial charge in [-0.15, -0.1) is 0 Å². The Hall–Kier alpha value is 1.44. The molecule has 0 bridgehead atoms. The van der Waals surface area contributed by atoms with Crippen molar-refractivity contribution in [3.05, 3.63) is 0 Å². The summed E-state index contributed by atoms with van der Waals surface area (Å²) in [5.41, 5.74) is 0. The Bertz CT molecular complexity index is 122. The van der Waals surface area contributed by atoms with Crippen LogP contribution in [-0.4, -0.2) is 112 Å². The van der Waals surface area contributed by atoms with Gasteiger partial charge >= 0.3 is 88.3 Å². The smallest absolute Gasteiger partial charge is 0 e. The van der Waals surface area contributed by atoms with Crippen molar-refractivity contribution >= 4 is 43.4 Å². The quantitative estimate of drug-likeness (QED) is 0.565. The molecule has 0 heterocycles. The van der Waals surface area contributed by atoms with Crippen molar-refractivity contribution in [2.24, 2.45) is 0 Å². The molecule has 6 heteroatoms. The Morgan fingerprint density at radius 3 is 0.643 bits per heavy atom. The molecule has 0 unspecified atom stereocenters. The van der Waals surface area contributed by atoms with E-state index in [9.17, 15) is 0 Å². The van der Waals surface area contributed by atoms with Crippen LogP contribution in [-0.2, 0) is 0 Å². The first kappa shape index (κ1) is 17.8. The van der Waals surface area contributed by atoms with E-state index in [4.69, 9.17) is 0 Å². The summed E-state index contributed by atoms with van der Waals surface area (Å²) in [6.07, 6.45) is 0. The average molecular weight is 414 g/mol. The summed E-state index contributed by atoms with van der Waals surface area (Å²) in [7, 11) is 17.4. The van der Waals surface area contributed by atoms with Crippen LogP contribution in [0.15, 0.2) is 0 Å². The molecule has 0 aromatic heterocycles. The minimum Gasteiger partial charge on any atom is 0 e. The zero-order chi connectivity index (χ0) is 10.8. The maximum atomic E-state index is 2.40. The Balaban J connectivity index is 0. The van der Waals surface area contributed by atoms with Gasteiger partial charge in [-0.05, 0) is 0 Å². The number of nitrogens with zero attached hydrogens (tertiary/aromatic N) is 4. The van der Waals surface area contributed by atoms with E-state index in [1.54, 1.807) is 0 Å². The molecule has 14 heavy (non-hydrogen) atoms. The first-order valence-corrected chi connectivity index (χ1v) is 9.58. The fourth-order valence-corrected chi connectivity index (χ4v) is 16.1. The fourth-order valence-electron chi connectivity index (χ4n) is 2.40. The van der Waals surface area contributed by atoms with E-state index in [2.05, 4.69) is 68.9 Å². The summed E-state index contributed by atoms with van der Waals surface area (Å²) in [5, 5.41) is 0. The van der Waals surface area contributed by atoms with E-state index < -0.39 is 19.5 Å². The van der Waals surface area contributed by atoms with E-state index in [1.807, 2.05) is 0 Å². The Morgan fingerprint density at radius 2 is 0.643 bits per heavy atom. The van der Waals surface area contributed by atoms with Crippen LogP contribution in [0.25, 0.3) is 0 Å². The van der Waals surface area contributed by atoms with Crippen LogP contribution in [0.5, 0.6) is 0 Å². The summed E-state index contributed by atoms with van der Waals surface area (Å²) in [6, 6.07) is 0. The van der Waals surface area contributed by atoms with Gasteiger partial charge in [0.1, 0.15) is 0 Å². The van der Waals surface area contributed by atoms with Gasteiger partial charge in [0.05, 0.1) is 0 Å². The largest absolute Gasteiger partial charge is 0 e. The van der Waals surface area contributed by atoms with Gasteiger partial charge in [0.25, 0.3) is 0 Å². The molecule has 0 aromatic carbocycles. The van der Waals surface area contributed by atoms with Gasteiger partial charge in [-0.1, -0.05) is 0 Å². The van der Waals surface area contributed by atoms with E-state index in [1.165, 1.54) is 0 Å². The molecule has 4 nitrogen and oxygen atoms in total. The molecular weight excluding hydrogens is 390 g/mol. The zero-order valence-corrected chi connectivity index (χ0v) is 16.5. The molecule has 0 aliphatic rings. The predicted molar refractivity (Wildman–Crippen MR) is 66.3 cm³/mol. The second kappa shape index (κ2) is 6.90. The van der Waals surface area contributed by atoms with Crippen molar-refractivity contribution < 1.29 is 0 Å². The first-order chi connectivity index (χ1) is 5.77. The summed E-state index contributed by atoms with van der Waals surface area (Å²) in [4.78, 5) is 0. The molecule has 0 aromatic rings. The topological polar surface area (TPSA) is 13.0 Å². The molecule has 0 amide bonds. The maximum Gasteiger partial charge on any atom is 0 e. The molecule has 0 aliphatic carbocycles. The van der Waals surface area contributed by atoms with Crippen molar-refractivity contribution in [2.75, 3.05) is 56.4 Å². The molecule has 4 radical (unpaired) electrons. The molecule has 0 atom stereocenters. The van der Waals surface area contributed by atoms with Gasteiger partial charge < -0.3 is 0 Å². The Morgan fingerprint density at radius 1 is 0.500 bits per heavy atom. The minimum atomic E-state index is -2.59. The van der Waals surface area contributed by atoms with Crippen LogP contribution in [0, 0.1) is 0 Å². The Labute approximate surface area is 111 Å². The van der Waals surface area contributed by atoms with Gasteiger partial charge in [-0.2, -0.15) is 0 Å². The molecule has 0 fully saturated rings. The molecule has 0 aliphatic heterocycles. The first-order valence-electron chi connectivity index (χ1n) is 4.47. The molecule has 84 valence electrons. The maximum absolute atomic E-state index is 2.59. The second-order valence-corrected chi connectivity index (χ2v) is 17.8. The molecule has 0 spiro atoms. The van der Waals surface area contributed by atoms with Crippen molar-refractivity contribution in [2.45, 2.75) is 0 Å². The zero-order valence-electron chi connectivity index (χ0n) is 10.8. The average Bonchev–Trinajstić information content (AvgIpc) is 1.82. The fraction of sp³-hybridized carbons (Fsp3) is 1.00. The van der Waals surface area contributed by atoms with Crippen LogP contribution in [0.2, 0.25) is 0 Å². The third-order valence-corrected chi connectivity index (χ3v) is 16.1. The number of hydrogen-bond acceptors (Lipinski definition) is 4. The van der Waals surface area contributed by atoms with Gasteiger partial charge in [0, 0.05) is 23.9 Å². The SMILES string of the molecule is C[N](C)[Sn]([N](C)C)([N](C)C)[N](C)C.[Sn]. The van der Waals surface area contributed by atoms with Gasteiger partial charge in [0.15, 0.2) is 0 Å². The van der Waals surface area contributed by atoms with Crippen molar-refractivity contribution in [1.82, 2.24) is 12.5 Å². The minimum absolute atomic E-state index is 0. The van der Waals surface area contributed by atoms with Crippen LogP contribution >= 0.6 is 0 Å². The van der Waals surface area contributed by atoms with Gasteiger partial charge in [0.2, 0.25) is 0 Å². The molecule has 0 saturated carbocycles. The number of rotatable bonds is 4. The third kappa shape index (κ3) is 3.21. The standard InChI is InChI=1S/4C2H6N.2Sn/c4*1-3-2;;/h4*1-2H3;;/q4*-1;;+4. The van der Waals surface area contributed by atoms with Crippen molar-refractivity contribution in [3.8, 4) is 0 Å². The van der Waals surface area contributed by atoms with E-state index in [0.29, 0.717) is 0 Å². The predicted octanol–water partition coefficient (Wildman–Crippen LogP) is -0.712. The van der Waals surface area contributed by atoms with Crippen LogP contribution in [0.1, 0.15) is 0 Å². The van der Waals surface area contributed by atoms with Gasteiger partial charge in [-0.25, -0.2) is 0 Å². The molecule has 0 N–H and O–H groups in total. The monoisotopic (exact) mass is 416 g/mol. The Kier molecular flexibility index (Phi) is 8.78. The molecule has 0 saturated heterocycles. The summed E-state index contributed by atoms with van der Waals surface area (Å²) < 4.78 is 9.59. The normalized spacial score (nSPS) is 12.9. The summed E-state index contributed by atoms with van der Waals surface area (Å²) in [5.74, 6) is 0. The van der Waals surface area contributed by atoms with Crippen molar-refractivity contribution in [3.63, 3.8) is 0 Å². The summed E-state index contributed by atoms with van der Waals surface area (Å²) >= 11 is -2.59. The van der Waals surface area contributed by atoms with Gasteiger partial charge in [-0.3, -0.25) is 0 Å².